The molecule has 2 aromatic heterocycles. The summed E-state index contributed by atoms with van der Waals surface area (Å²) in [6.45, 7) is 7.08. The van der Waals surface area contributed by atoms with E-state index >= 15 is 0 Å². The highest BCUT2D eigenvalue weighted by molar-refractivity contribution is 6.30. The summed E-state index contributed by atoms with van der Waals surface area (Å²) in [5.41, 5.74) is 8.59. The van der Waals surface area contributed by atoms with E-state index in [2.05, 4.69) is 146 Å². The van der Waals surface area contributed by atoms with Crippen LogP contribution in [0.15, 0.2) is 140 Å². The Morgan fingerprint density at radius 3 is 1.69 bits per heavy atom. The number of hydrogen-bond donors (Lipinski definition) is 0. The van der Waals surface area contributed by atoms with Crippen molar-refractivity contribution in [2.45, 2.75) is 39.0 Å². The van der Waals surface area contributed by atoms with Gasteiger partial charge in [-0.15, -0.1) is 0 Å². The Bertz CT molecular complexity index is 2340. The molecule has 0 unspecified atom stereocenters. The van der Waals surface area contributed by atoms with Gasteiger partial charge in [0, 0.05) is 39.9 Å². The van der Waals surface area contributed by atoms with Crippen LogP contribution < -0.4 is 9.80 Å². The van der Waals surface area contributed by atoms with Crippen molar-refractivity contribution in [1.82, 2.24) is 9.97 Å². The van der Waals surface area contributed by atoms with E-state index in [-0.39, 0.29) is 5.41 Å². The number of aryl methyl sites for hydroxylation is 2. The van der Waals surface area contributed by atoms with Crippen molar-refractivity contribution in [3.05, 3.63) is 156 Å². The summed E-state index contributed by atoms with van der Waals surface area (Å²) in [4.78, 5) is 14.4. The molecule has 0 bridgehead atoms. The Balaban J connectivity index is 1.44. The Kier molecular flexibility index (Phi) is 6.48. The SMILES string of the molecule is Cc1cc(N(c2ccccc2)c2ccccn2)c2cc3c4c(cc(N(c5ccccc5)c5ccccn5)c5ccc1c2c54)CCC3(C)C. The number of rotatable bonds is 6. The Morgan fingerprint density at radius 2 is 1.10 bits per heavy atom. The molecule has 48 heavy (non-hydrogen) atoms. The lowest BCUT2D eigenvalue weighted by molar-refractivity contribution is 0.475. The lowest BCUT2D eigenvalue weighted by Crippen LogP contribution is -2.24. The van der Waals surface area contributed by atoms with Gasteiger partial charge in [-0.05, 0) is 125 Å². The van der Waals surface area contributed by atoms with Crippen LogP contribution in [0.3, 0.4) is 0 Å². The van der Waals surface area contributed by atoms with Crippen molar-refractivity contribution in [2.75, 3.05) is 9.80 Å². The third-order valence-electron chi connectivity index (χ3n) is 10.3. The van der Waals surface area contributed by atoms with E-state index in [0.717, 1.165) is 47.2 Å². The lowest BCUT2D eigenvalue weighted by atomic mass is 9.70. The van der Waals surface area contributed by atoms with Crippen molar-refractivity contribution in [2.24, 2.45) is 0 Å². The minimum atomic E-state index is 0.0200. The summed E-state index contributed by atoms with van der Waals surface area (Å²) in [5.74, 6) is 1.81. The molecule has 8 aromatic rings. The van der Waals surface area contributed by atoms with Gasteiger partial charge in [-0.2, -0.15) is 0 Å². The summed E-state index contributed by atoms with van der Waals surface area (Å²) in [7, 11) is 0. The van der Waals surface area contributed by atoms with Crippen LogP contribution in [0.4, 0.5) is 34.4 Å². The largest absolute Gasteiger partial charge is 0.294 e. The van der Waals surface area contributed by atoms with Crippen LogP contribution in [0.25, 0.3) is 32.3 Å². The molecule has 0 atom stereocenters. The van der Waals surface area contributed by atoms with E-state index in [1.807, 2.05) is 24.5 Å². The molecule has 4 heteroatoms. The molecular formula is C44H36N4. The molecule has 9 rings (SSSR count). The average molecular weight is 621 g/mol. The smallest absolute Gasteiger partial charge is 0.137 e. The first-order chi connectivity index (χ1) is 23.5. The predicted molar refractivity (Wildman–Crippen MR) is 201 cm³/mol. The second kappa shape index (κ2) is 10.9. The summed E-state index contributed by atoms with van der Waals surface area (Å²) in [6.07, 6.45) is 5.88. The Hall–Kier alpha value is -5.74. The standard InChI is InChI=1S/C44H36N4/c1-29-26-37(47(31-14-6-4-7-15-31)39-18-10-12-24-45-39)35-28-36-41-30(22-23-44(36,2)3)27-38(34-21-20-33(29)42(35)43(34)41)48(32-16-8-5-9-17-32)40-19-11-13-25-46-40/h4-21,24-28H,22-23H2,1-3H3. The van der Waals surface area contributed by atoms with Crippen LogP contribution in [0.1, 0.15) is 37.0 Å². The molecule has 1 aliphatic rings. The predicted octanol–water partition coefficient (Wildman–Crippen LogP) is 11.8. The van der Waals surface area contributed by atoms with Crippen molar-refractivity contribution >= 4 is 66.7 Å². The van der Waals surface area contributed by atoms with Gasteiger partial charge in [0.05, 0.1) is 11.4 Å². The number of pyridine rings is 2. The van der Waals surface area contributed by atoms with Gasteiger partial charge in [0.15, 0.2) is 0 Å². The first-order valence-corrected chi connectivity index (χ1v) is 16.8. The van der Waals surface area contributed by atoms with Gasteiger partial charge >= 0.3 is 0 Å². The van der Waals surface area contributed by atoms with Crippen molar-refractivity contribution < 1.29 is 0 Å². The fourth-order valence-electron chi connectivity index (χ4n) is 7.92. The quantitative estimate of drug-likeness (QED) is 0.173. The maximum absolute atomic E-state index is 4.88. The Morgan fingerprint density at radius 1 is 0.542 bits per heavy atom. The Labute approximate surface area is 281 Å². The summed E-state index contributed by atoms with van der Waals surface area (Å²) in [6, 6.07) is 45.6. The highest BCUT2D eigenvalue weighted by Crippen LogP contribution is 2.53. The van der Waals surface area contributed by atoms with Crippen LogP contribution in [-0.2, 0) is 11.8 Å². The van der Waals surface area contributed by atoms with E-state index in [1.54, 1.807) is 0 Å². The van der Waals surface area contributed by atoms with E-state index in [9.17, 15) is 0 Å². The third-order valence-corrected chi connectivity index (χ3v) is 10.3. The molecule has 6 aromatic carbocycles. The first-order valence-electron chi connectivity index (χ1n) is 16.8. The van der Waals surface area contributed by atoms with Crippen LogP contribution in [0.2, 0.25) is 0 Å². The third kappa shape index (κ3) is 4.36. The maximum atomic E-state index is 4.88. The van der Waals surface area contributed by atoms with Crippen molar-refractivity contribution in [1.29, 1.82) is 0 Å². The van der Waals surface area contributed by atoms with E-state index < -0.39 is 0 Å². The summed E-state index contributed by atoms with van der Waals surface area (Å²) >= 11 is 0. The van der Waals surface area contributed by atoms with Crippen LogP contribution in [0, 0.1) is 6.92 Å². The average Bonchev–Trinajstić information content (AvgIpc) is 3.13. The molecule has 0 aliphatic heterocycles. The van der Waals surface area contributed by atoms with Gasteiger partial charge in [0.25, 0.3) is 0 Å². The lowest BCUT2D eigenvalue weighted by Gasteiger charge is -2.36. The van der Waals surface area contributed by atoms with Gasteiger partial charge in [0.2, 0.25) is 0 Å². The van der Waals surface area contributed by atoms with Gasteiger partial charge < -0.3 is 0 Å². The second-order valence-electron chi connectivity index (χ2n) is 13.6. The molecule has 0 fully saturated rings. The van der Waals surface area contributed by atoms with Crippen molar-refractivity contribution in [3.63, 3.8) is 0 Å². The molecule has 1 aliphatic carbocycles. The number of para-hydroxylation sites is 2. The summed E-state index contributed by atoms with van der Waals surface area (Å²) < 4.78 is 0. The zero-order chi connectivity index (χ0) is 32.4. The summed E-state index contributed by atoms with van der Waals surface area (Å²) in [5, 5.41) is 7.85. The van der Waals surface area contributed by atoms with E-state index in [0.29, 0.717) is 0 Å². The molecule has 2 heterocycles. The van der Waals surface area contributed by atoms with Gasteiger partial charge in [0.1, 0.15) is 11.6 Å². The molecule has 0 N–H and O–H groups in total. The van der Waals surface area contributed by atoms with Crippen LogP contribution in [-0.4, -0.2) is 9.97 Å². The highest BCUT2D eigenvalue weighted by atomic mass is 15.2. The number of anilines is 6. The number of aromatic nitrogens is 2. The van der Waals surface area contributed by atoms with Crippen LogP contribution >= 0.6 is 0 Å². The molecule has 0 radical (unpaired) electrons. The second-order valence-corrected chi connectivity index (χ2v) is 13.6. The monoisotopic (exact) mass is 620 g/mol. The minimum Gasteiger partial charge on any atom is -0.294 e. The fourth-order valence-corrected chi connectivity index (χ4v) is 7.92. The number of hydrogen-bond acceptors (Lipinski definition) is 4. The normalized spacial score (nSPS) is 13.7. The topological polar surface area (TPSA) is 32.3 Å². The van der Waals surface area contributed by atoms with E-state index in [4.69, 9.17) is 9.97 Å². The minimum absolute atomic E-state index is 0.0200. The molecule has 232 valence electrons. The molecule has 4 nitrogen and oxygen atoms in total. The zero-order valence-corrected chi connectivity index (χ0v) is 27.5. The molecule has 0 saturated heterocycles. The zero-order valence-electron chi connectivity index (χ0n) is 27.5. The van der Waals surface area contributed by atoms with Crippen LogP contribution in [0.5, 0.6) is 0 Å². The van der Waals surface area contributed by atoms with Gasteiger partial charge in [-0.1, -0.05) is 74.5 Å². The fraction of sp³-hybridized carbons (Fsp3) is 0.136. The maximum Gasteiger partial charge on any atom is 0.137 e. The first kappa shape index (κ1) is 28.5. The molecule has 0 amide bonds. The van der Waals surface area contributed by atoms with Gasteiger partial charge in [-0.25, -0.2) is 9.97 Å². The van der Waals surface area contributed by atoms with Gasteiger partial charge in [-0.3, -0.25) is 9.80 Å². The molecule has 0 spiro atoms. The number of nitrogens with zero attached hydrogens (tertiary/aromatic N) is 4. The molecular weight excluding hydrogens is 585 g/mol. The molecule has 0 saturated carbocycles. The number of benzene rings is 6. The van der Waals surface area contributed by atoms with Crippen molar-refractivity contribution in [3.8, 4) is 0 Å². The van der Waals surface area contributed by atoms with E-state index in [1.165, 1.54) is 49.0 Å². The highest BCUT2D eigenvalue weighted by Gasteiger charge is 2.33.